The zero-order chi connectivity index (χ0) is 21.3. The van der Waals surface area contributed by atoms with E-state index in [9.17, 15) is 9.59 Å². The maximum absolute atomic E-state index is 13.0. The number of amides is 2. The number of fused-ring (bicyclic) bond motifs is 2. The lowest BCUT2D eigenvalue weighted by molar-refractivity contribution is -0.132. The summed E-state index contributed by atoms with van der Waals surface area (Å²) in [7, 11) is 0. The number of carbonyl (C=O) groups is 2. The highest BCUT2D eigenvalue weighted by atomic mass is 79.9. The number of nitrogens with one attached hydrogen (secondary N) is 2. The highest BCUT2D eigenvalue weighted by Crippen LogP contribution is 2.29. The Bertz CT molecular complexity index is 1110. The molecule has 0 aliphatic carbocycles. The van der Waals surface area contributed by atoms with Crippen molar-refractivity contribution in [1.82, 2.24) is 10.4 Å². The van der Waals surface area contributed by atoms with Crippen LogP contribution in [0, 0.1) is 0 Å². The van der Waals surface area contributed by atoms with Crippen LogP contribution in [0.25, 0.3) is 10.8 Å². The minimum Gasteiger partial charge on any atom is -0.480 e. The van der Waals surface area contributed by atoms with Crippen molar-refractivity contribution in [2.45, 2.75) is 32.5 Å². The van der Waals surface area contributed by atoms with Crippen LogP contribution < -0.4 is 15.5 Å². The lowest BCUT2D eigenvalue weighted by atomic mass is 10.1. The standard InChI is InChI=1S/C23H22BrN3O3/c1-3-21-25-19-12-11-16(24)13-18(19)23(29)27(21)26-22(28)14(2)30-20-10-6-8-15-7-4-5-9-17(15)20/h4-14,21,25H,3H2,1-2H3,(H,26,28). The van der Waals surface area contributed by atoms with E-state index in [1.165, 1.54) is 5.01 Å². The predicted octanol–water partition coefficient (Wildman–Crippen LogP) is 4.70. The van der Waals surface area contributed by atoms with E-state index >= 15 is 0 Å². The molecule has 0 saturated carbocycles. The van der Waals surface area contributed by atoms with E-state index in [1.807, 2.05) is 61.5 Å². The van der Waals surface area contributed by atoms with Crippen molar-refractivity contribution in [2.24, 2.45) is 0 Å². The maximum Gasteiger partial charge on any atom is 0.279 e. The summed E-state index contributed by atoms with van der Waals surface area (Å²) in [6.07, 6.45) is -0.509. The molecular formula is C23H22BrN3O3. The van der Waals surface area contributed by atoms with Gasteiger partial charge in [0.2, 0.25) is 0 Å². The molecule has 2 unspecified atom stereocenters. The number of hydrogen-bond donors (Lipinski definition) is 2. The molecule has 6 nitrogen and oxygen atoms in total. The van der Waals surface area contributed by atoms with Crippen molar-refractivity contribution in [3.63, 3.8) is 0 Å². The van der Waals surface area contributed by atoms with Crippen molar-refractivity contribution < 1.29 is 14.3 Å². The molecule has 3 aromatic rings. The number of anilines is 1. The van der Waals surface area contributed by atoms with E-state index in [1.54, 1.807) is 13.0 Å². The van der Waals surface area contributed by atoms with E-state index in [0.29, 0.717) is 17.7 Å². The third-order valence-corrected chi connectivity index (χ3v) is 5.60. The van der Waals surface area contributed by atoms with Gasteiger partial charge in [-0.1, -0.05) is 59.3 Å². The Balaban J connectivity index is 1.52. The van der Waals surface area contributed by atoms with Gasteiger partial charge in [-0.15, -0.1) is 0 Å². The SMILES string of the molecule is CCC1Nc2ccc(Br)cc2C(=O)N1NC(=O)C(C)Oc1cccc2ccccc12. The summed E-state index contributed by atoms with van der Waals surface area (Å²) < 4.78 is 6.74. The van der Waals surface area contributed by atoms with Gasteiger partial charge >= 0.3 is 0 Å². The molecule has 7 heteroatoms. The van der Waals surface area contributed by atoms with Crippen LogP contribution in [0.1, 0.15) is 30.6 Å². The van der Waals surface area contributed by atoms with Crippen molar-refractivity contribution in [2.75, 3.05) is 5.32 Å². The summed E-state index contributed by atoms with van der Waals surface area (Å²) in [4.78, 5) is 25.9. The molecule has 0 bridgehead atoms. The number of carbonyl (C=O) groups excluding carboxylic acids is 2. The molecule has 2 amide bonds. The Hall–Kier alpha value is -3.06. The lowest BCUT2D eigenvalue weighted by Crippen LogP contribution is -2.59. The first-order valence-electron chi connectivity index (χ1n) is 9.82. The van der Waals surface area contributed by atoms with Crippen molar-refractivity contribution in [3.8, 4) is 5.75 Å². The van der Waals surface area contributed by atoms with Gasteiger partial charge in [0, 0.05) is 15.5 Å². The normalized spacial score (nSPS) is 16.6. The topological polar surface area (TPSA) is 70.7 Å². The fraction of sp³-hybridized carbons (Fsp3) is 0.217. The van der Waals surface area contributed by atoms with Crippen LogP contribution >= 0.6 is 15.9 Å². The second-order valence-electron chi connectivity index (χ2n) is 7.15. The van der Waals surface area contributed by atoms with E-state index in [4.69, 9.17) is 4.74 Å². The third kappa shape index (κ3) is 3.85. The molecule has 1 aliphatic rings. The Labute approximate surface area is 183 Å². The molecule has 154 valence electrons. The minimum atomic E-state index is -0.787. The molecule has 1 aliphatic heterocycles. The average Bonchev–Trinajstić information content (AvgIpc) is 2.76. The molecule has 0 saturated heterocycles. The zero-order valence-electron chi connectivity index (χ0n) is 16.7. The molecule has 30 heavy (non-hydrogen) atoms. The molecule has 2 atom stereocenters. The van der Waals surface area contributed by atoms with E-state index in [0.717, 1.165) is 20.9 Å². The van der Waals surface area contributed by atoms with Crippen LogP contribution in [0.3, 0.4) is 0 Å². The molecule has 0 aromatic heterocycles. The molecule has 0 fully saturated rings. The fourth-order valence-corrected chi connectivity index (χ4v) is 3.86. The van der Waals surface area contributed by atoms with Crippen LogP contribution in [-0.4, -0.2) is 29.1 Å². The first kappa shape index (κ1) is 20.2. The highest BCUT2D eigenvalue weighted by molar-refractivity contribution is 9.10. The van der Waals surface area contributed by atoms with Gasteiger partial charge in [0.25, 0.3) is 11.8 Å². The van der Waals surface area contributed by atoms with E-state index in [2.05, 4.69) is 26.7 Å². The van der Waals surface area contributed by atoms with Crippen LogP contribution in [0.2, 0.25) is 0 Å². The summed E-state index contributed by atoms with van der Waals surface area (Å²) in [5, 5.41) is 6.61. The number of nitrogens with zero attached hydrogens (tertiary/aromatic N) is 1. The van der Waals surface area contributed by atoms with Gasteiger partial charge in [0.1, 0.15) is 11.9 Å². The predicted molar refractivity (Wildman–Crippen MR) is 120 cm³/mol. The molecular weight excluding hydrogens is 446 g/mol. The highest BCUT2D eigenvalue weighted by Gasteiger charge is 2.33. The summed E-state index contributed by atoms with van der Waals surface area (Å²) in [6, 6.07) is 19.0. The Kier molecular flexibility index (Phi) is 5.63. The van der Waals surface area contributed by atoms with Gasteiger partial charge in [0.05, 0.1) is 5.56 Å². The maximum atomic E-state index is 13.0. The quantitative estimate of drug-likeness (QED) is 0.570. The third-order valence-electron chi connectivity index (χ3n) is 5.10. The van der Waals surface area contributed by atoms with Gasteiger partial charge in [-0.3, -0.25) is 15.0 Å². The van der Waals surface area contributed by atoms with Crippen LogP contribution in [-0.2, 0) is 4.79 Å². The second kappa shape index (κ2) is 8.36. The number of hydrazine groups is 1. The van der Waals surface area contributed by atoms with Crippen LogP contribution in [0.5, 0.6) is 5.75 Å². The summed E-state index contributed by atoms with van der Waals surface area (Å²) >= 11 is 3.40. The Morgan fingerprint density at radius 2 is 1.97 bits per heavy atom. The van der Waals surface area contributed by atoms with Gasteiger partial charge in [0.15, 0.2) is 6.10 Å². The van der Waals surface area contributed by atoms with Crippen LogP contribution in [0.4, 0.5) is 5.69 Å². The van der Waals surface area contributed by atoms with Crippen molar-refractivity contribution in [3.05, 3.63) is 70.7 Å². The summed E-state index contributed by atoms with van der Waals surface area (Å²) in [5.74, 6) is -0.0299. The zero-order valence-corrected chi connectivity index (χ0v) is 18.3. The van der Waals surface area contributed by atoms with E-state index < -0.39 is 12.0 Å². The number of hydrogen-bond acceptors (Lipinski definition) is 4. The molecule has 0 radical (unpaired) electrons. The first-order valence-corrected chi connectivity index (χ1v) is 10.6. The van der Waals surface area contributed by atoms with Crippen LogP contribution in [0.15, 0.2) is 65.1 Å². The van der Waals surface area contributed by atoms with Crippen molar-refractivity contribution >= 4 is 44.2 Å². The summed E-state index contributed by atoms with van der Waals surface area (Å²) in [5.41, 5.74) is 3.99. The average molecular weight is 468 g/mol. The summed E-state index contributed by atoms with van der Waals surface area (Å²) in [6.45, 7) is 3.62. The molecule has 1 heterocycles. The van der Waals surface area contributed by atoms with Gasteiger partial charge < -0.3 is 10.1 Å². The number of ether oxygens (including phenoxy) is 1. The molecule has 0 spiro atoms. The molecule has 4 rings (SSSR count). The van der Waals surface area contributed by atoms with Gasteiger partial charge in [-0.2, -0.15) is 0 Å². The Morgan fingerprint density at radius 1 is 1.20 bits per heavy atom. The molecule has 3 aromatic carbocycles. The fourth-order valence-electron chi connectivity index (χ4n) is 3.50. The van der Waals surface area contributed by atoms with Gasteiger partial charge in [-0.25, -0.2) is 5.01 Å². The monoisotopic (exact) mass is 467 g/mol. The largest absolute Gasteiger partial charge is 0.480 e. The van der Waals surface area contributed by atoms with Crippen molar-refractivity contribution in [1.29, 1.82) is 0 Å². The number of halogens is 1. The number of benzene rings is 3. The smallest absolute Gasteiger partial charge is 0.279 e. The number of rotatable bonds is 5. The first-order chi connectivity index (χ1) is 14.5. The van der Waals surface area contributed by atoms with Gasteiger partial charge in [-0.05, 0) is 43.0 Å². The minimum absolute atomic E-state index is 0.261. The Morgan fingerprint density at radius 3 is 2.77 bits per heavy atom. The molecule has 2 N–H and O–H groups in total. The van der Waals surface area contributed by atoms with E-state index in [-0.39, 0.29) is 12.1 Å². The second-order valence-corrected chi connectivity index (χ2v) is 8.06. The lowest BCUT2D eigenvalue weighted by Gasteiger charge is -2.37.